The number of anilines is 1. The van der Waals surface area contributed by atoms with Crippen LogP contribution in [0.1, 0.15) is 48.5 Å². The van der Waals surface area contributed by atoms with Crippen molar-refractivity contribution < 1.29 is 66.5 Å². The number of benzene rings is 1. The van der Waals surface area contributed by atoms with E-state index >= 15 is 0 Å². The van der Waals surface area contributed by atoms with Gasteiger partial charge in [0.1, 0.15) is 30.3 Å². The van der Waals surface area contributed by atoms with Crippen molar-refractivity contribution in [3.05, 3.63) is 64.7 Å². The minimum absolute atomic E-state index is 0.0250. The molecule has 59 heavy (non-hydrogen) atoms. The molecule has 0 aliphatic heterocycles. The first kappa shape index (κ1) is 46.5. The summed E-state index contributed by atoms with van der Waals surface area (Å²) in [5.41, 5.74) is 3.36. The molecule has 22 heteroatoms. The normalized spacial score (nSPS) is 12.9. The van der Waals surface area contributed by atoms with Gasteiger partial charge < -0.3 is 38.6 Å². The summed E-state index contributed by atoms with van der Waals surface area (Å²) in [5.74, 6) is -0.360. The summed E-state index contributed by atoms with van der Waals surface area (Å²) in [4.78, 5) is 66.7. The highest BCUT2D eigenvalue weighted by Gasteiger charge is 2.24. The number of carbonyl (C=O) groups is 4. The lowest BCUT2D eigenvalue weighted by atomic mass is 10.1. The van der Waals surface area contributed by atoms with E-state index in [1.165, 1.54) is 0 Å². The number of esters is 2. The third-order valence-corrected chi connectivity index (χ3v) is 9.90. The number of carbonyl (C=O) groups excluding carboxylic acids is 4. The highest BCUT2D eigenvalue weighted by atomic mass is 32.1. The quantitative estimate of drug-likeness (QED) is 0.0251. The smallest absolute Gasteiger partial charge is 0.464 e. The summed E-state index contributed by atoms with van der Waals surface area (Å²) in [6.07, 6.45) is 4.89. The number of nitrogens with zero attached hydrogens (tertiary/aromatic N) is 6. The lowest BCUT2D eigenvalue weighted by Gasteiger charge is -2.24. The summed E-state index contributed by atoms with van der Waals surface area (Å²) in [6, 6.07) is 9.99. The second-order valence-electron chi connectivity index (χ2n) is 12.5. The van der Waals surface area contributed by atoms with Crippen LogP contribution in [0.5, 0.6) is 0 Å². The fraction of sp³-hybridized carbons (Fsp3) is 0.459. The molecule has 0 radical (unpaired) electrons. The van der Waals surface area contributed by atoms with Crippen molar-refractivity contribution in [3.63, 3.8) is 0 Å². The summed E-state index contributed by atoms with van der Waals surface area (Å²) in [5, 5.41) is 21.0. The number of phosphoric ester groups is 1. The van der Waals surface area contributed by atoms with Gasteiger partial charge in [-0.2, -0.15) is 0 Å². The Bertz CT molecular complexity index is 1990. The molecular weight excluding hydrogens is 815 g/mol. The van der Waals surface area contributed by atoms with E-state index < -0.39 is 32.5 Å². The van der Waals surface area contributed by atoms with Gasteiger partial charge in [-0.3, -0.25) is 32.9 Å². The Morgan fingerprint density at radius 3 is 2.47 bits per heavy atom. The topological polar surface area (TPSA) is 250 Å². The zero-order valence-corrected chi connectivity index (χ0v) is 34.1. The van der Waals surface area contributed by atoms with Gasteiger partial charge in [0.15, 0.2) is 11.9 Å². The van der Waals surface area contributed by atoms with Crippen LogP contribution < -0.4 is 4.90 Å². The molecule has 0 amide bonds. The molecule has 0 aliphatic carbocycles. The Balaban J connectivity index is 1.04. The van der Waals surface area contributed by atoms with Crippen LogP contribution in [-0.4, -0.2) is 125 Å². The van der Waals surface area contributed by atoms with Crippen molar-refractivity contribution in [2.45, 2.75) is 51.9 Å². The predicted molar refractivity (Wildman–Crippen MR) is 212 cm³/mol. The third kappa shape index (κ3) is 17.3. The van der Waals surface area contributed by atoms with Gasteiger partial charge in [-0.1, -0.05) is 23.4 Å². The van der Waals surface area contributed by atoms with Gasteiger partial charge in [0.25, 0.3) is 12.9 Å². The number of aryl methyl sites for hydroxylation is 1. The number of hydrogen-bond acceptors (Lipinski definition) is 19. The maximum Gasteiger partial charge on any atom is 0.472 e. The number of aromatic nitrogens is 5. The van der Waals surface area contributed by atoms with Crippen molar-refractivity contribution in [1.82, 2.24) is 25.0 Å². The number of ether oxygens (including phenoxy) is 5. The van der Waals surface area contributed by atoms with Crippen molar-refractivity contribution in [3.8, 4) is 0 Å². The molecule has 2 N–H and O–H groups in total. The van der Waals surface area contributed by atoms with Gasteiger partial charge in [-0.15, -0.1) is 16.4 Å². The molecule has 2 atom stereocenters. The average molecular weight is 863 g/mol. The summed E-state index contributed by atoms with van der Waals surface area (Å²) < 4.78 is 47.7. The molecule has 320 valence electrons. The minimum Gasteiger partial charge on any atom is -0.464 e. The molecule has 20 nitrogen and oxygen atoms in total. The Labute approximate surface area is 343 Å². The summed E-state index contributed by atoms with van der Waals surface area (Å²) in [6.45, 7) is 2.60. The van der Waals surface area contributed by atoms with Crippen LogP contribution in [0.4, 0.5) is 5.69 Å². The van der Waals surface area contributed by atoms with Gasteiger partial charge in [0.05, 0.1) is 44.9 Å². The van der Waals surface area contributed by atoms with Crippen LogP contribution in [0.3, 0.4) is 0 Å². The second-order valence-corrected chi connectivity index (χ2v) is 14.8. The fourth-order valence-corrected chi connectivity index (χ4v) is 6.80. The number of aliphatic hydroxyl groups is 1. The molecule has 2 unspecified atom stereocenters. The van der Waals surface area contributed by atoms with Crippen LogP contribution in [0.2, 0.25) is 0 Å². The molecule has 0 spiro atoms. The monoisotopic (exact) mass is 862 g/mol. The van der Waals surface area contributed by atoms with E-state index in [2.05, 4.69) is 29.8 Å². The molecule has 0 saturated carbocycles. The highest BCUT2D eigenvalue weighted by molar-refractivity contribution is 7.47. The van der Waals surface area contributed by atoms with Gasteiger partial charge in [-0.25, -0.2) is 14.5 Å². The first-order valence-corrected chi connectivity index (χ1v) is 20.9. The van der Waals surface area contributed by atoms with Crippen LogP contribution in [0.25, 0.3) is 22.4 Å². The lowest BCUT2D eigenvalue weighted by molar-refractivity contribution is -0.145. The van der Waals surface area contributed by atoms with E-state index in [-0.39, 0.29) is 78.5 Å². The third-order valence-electron chi connectivity index (χ3n) is 8.11. The van der Waals surface area contributed by atoms with E-state index in [4.69, 9.17) is 23.3 Å². The highest BCUT2D eigenvalue weighted by Crippen LogP contribution is 2.43. The Morgan fingerprint density at radius 1 is 0.932 bits per heavy atom. The first-order chi connectivity index (χ1) is 28.6. The predicted octanol–water partition coefficient (Wildman–Crippen LogP) is 3.27. The van der Waals surface area contributed by atoms with Crippen LogP contribution in [-0.2, 0) is 69.6 Å². The van der Waals surface area contributed by atoms with E-state index in [1.54, 1.807) is 22.2 Å². The summed E-state index contributed by atoms with van der Waals surface area (Å²) in [7, 11) is -4.52. The van der Waals surface area contributed by atoms with Gasteiger partial charge in [-0.05, 0) is 55.0 Å². The van der Waals surface area contributed by atoms with Gasteiger partial charge >= 0.3 is 19.8 Å². The number of hydrogen-bond donors (Lipinski definition) is 2. The molecule has 3 aromatic heterocycles. The van der Waals surface area contributed by atoms with Gasteiger partial charge in [0.2, 0.25) is 0 Å². The Morgan fingerprint density at radius 2 is 1.71 bits per heavy atom. The van der Waals surface area contributed by atoms with Crippen molar-refractivity contribution in [2.24, 2.45) is 0 Å². The van der Waals surface area contributed by atoms with E-state index in [0.29, 0.717) is 37.6 Å². The fourth-order valence-electron chi connectivity index (χ4n) is 5.19. The molecule has 0 bridgehead atoms. The van der Waals surface area contributed by atoms with Crippen LogP contribution in [0.15, 0.2) is 41.9 Å². The number of phosphoric acid groups is 1. The van der Waals surface area contributed by atoms with Crippen LogP contribution >= 0.6 is 19.2 Å². The second kappa shape index (κ2) is 25.4. The maximum absolute atomic E-state index is 12.2. The van der Waals surface area contributed by atoms with Crippen LogP contribution in [0, 0.1) is 6.92 Å². The molecule has 1 aromatic carbocycles. The number of rotatable bonds is 30. The first-order valence-electron chi connectivity index (χ1n) is 18.5. The Hall–Kier alpha value is -5.15. The van der Waals surface area contributed by atoms with E-state index in [9.17, 15) is 33.7 Å². The van der Waals surface area contributed by atoms with Gasteiger partial charge in [0, 0.05) is 43.6 Å². The molecule has 0 fully saturated rings. The average Bonchev–Trinajstić information content (AvgIpc) is 3.91. The van der Waals surface area contributed by atoms with E-state index in [1.807, 2.05) is 59.7 Å². The van der Waals surface area contributed by atoms with Crippen molar-refractivity contribution in [2.75, 3.05) is 64.2 Å². The molecule has 4 rings (SSSR count). The number of thiophene rings is 1. The van der Waals surface area contributed by atoms with Crippen molar-refractivity contribution in [1.29, 1.82) is 0 Å². The van der Waals surface area contributed by atoms with Crippen molar-refractivity contribution >= 4 is 72.1 Å². The SMILES string of the molecule is Cc1nc(/C=C/c2ccc(N(CCO)CCn3cc(COC(=O)CCCOCCOC(=O)CCCOP(=O)(O)OCC(COC=O)OC=O)nn3)cc2)nc2sccc12. The standard InChI is InChI=1S/C37H47N6O14PS/c1-28-33-12-21-59-37(33)39-34(38-28)11-8-29-6-9-31(10-7-29)42(15-16-44)13-14-43-22-30(40-41-43)23-54-36(48)4-2-17-51-19-20-53-35(47)5-3-18-56-58(49,50)57-25-32(55-27-46)24-52-26-45/h6-12,21-22,26-27,32,44H,2-5,13-20,23-25H2,1H3,(H,49,50)/b11-8+. The Kier molecular flexibility index (Phi) is 20.0. The van der Waals surface area contributed by atoms with E-state index in [0.717, 1.165) is 27.2 Å². The lowest BCUT2D eigenvalue weighted by Crippen LogP contribution is -2.30. The zero-order valence-electron chi connectivity index (χ0n) is 32.4. The number of fused-ring (bicyclic) bond motifs is 1. The number of aliphatic hydroxyl groups excluding tert-OH is 1. The zero-order chi connectivity index (χ0) is 42.3. The molecule has 4 aromatic rings. The molecular formula is C37H47N6O14PS. The maximum atomic E-state index is 12.2. The summed E-state index contributed by atoms with van der Waals surface area (Å²) >= 11 is 1.59. The minimum atomic E-state index is -4.52. The molecule has 0 aliphatic rings. The molecule has 0 saturated heterocycles. The largest absolute Gasteiger partial charge is 0.472 e. The molecule has 3 heterocycles.